The Morgan fingerprint density at radius 3 is 2.46 bits per heavy atom. The highest BCUT2D eigenvalue weighted by Gasteiger charge is 2.50. The molecule has 35 heavy (non-hydrogen) atoms. The minimum absolute atomic E-state index is 0.0564. The zero-order valence-electron chi connectivity index (χ0n) is 19.7. The summed E-state index contributed by atoms with van der Waals surface area (Å²) in [5, 5.41) is 0.560. The Bertz CT molecular complexity index is 1210. The minimum Gasteiger partial charge on any atom is -0.426 e. The third kappa shape index (κ3) is 4.22. The quantitative estimate of drug-likeness (QED) is 0.354. The Morgan fingerprint density at radius 1 is 1.00 bits per heavy atom. The Kier molecular flexibility index (Phi) is 6.13. The van der Waals surface area contributed by atoms with Crippen LogP contribution in [0.2, 0.25) is 5.02 Å². The lowest BCUT2D eigenvalue weighted by Gasteiger charge is -2.25. The molecular weight excluding hydrogens is 468 g/mol. The van der Waals surface area contributed by atoms with Gasteiger partial charge in [-0.2, -0.15) is 0 Å². The van der Waals surface area contributed by atoms with E-state index in [1.165, 1.54) is 4.90 Å². The molecule has 7 nitrogen and oxygen atoms in total. The molecule has 0 radical (unpaired) electrons. The van der Waals surface area contributed by atoms with E-state index in [4.69, 9.17) is 16.3 Å². The topological polar surface area (TPSA) is 84.0 Å². The van der Waals surface area contributed by atoms with Crippen LogP contribution in [0.15, 0.2) is 42.5 Å². The number of halogens is 1. The normalized spacial score (nSPS) is 26.3. The van der Waals surface area contributed by atoms with E-state index in [0.717, 1.165) is 24.8 Å². The number of benzene rings is 2. The van der Waals surface area contributed by atoms with E-state index in [1.54, 1.807) is 41.3 Å². The maximum absolute atomic E-state index is 12.9. The van der Waals surface area contributed by atoms with Gasteiger partial charge in [0.25, 0.3) is 0 Å². The second-order valence-corrected chi connectivity index (χ2v) is 10.3. The highest BCUT2D eigenvalue weighted by atomic mass is 35.5. The zero-order chi connectivity index (χ0) is 24.9. The van der Waals surface area contributed by atoms with Gasteiger partial charge in [0.2, 0.25) is 17.7 Å². The van der Waals surface area contributed by atoms with Crippen molar-refractivity contribution in [2.24, 2.45) is 23.7 Å². The Balaban J connectivity index is 1.25. The fraction of sp³-hybridized carbons (Fsp3) is 0.407. The van der Waals surface area contributed by atoms with Gasteiger partial charge in [-0.1, -0.05) is 24.6 Å². The van der Waals surface area contributed by atoms with Crippen molar-refractivity contribution in [3.8, 4) is 5.75 Å². The lowest BCUT2D eigenvalue weighted by atomic mass is 9.76. The number of imide groups is 1. The number of nitrogens with zero attached hydrogens (tertiary/aromatic N) is 2. The van der Waals surface area contributed by atoms with Crippen molar-refractivity contribution >= 4 is 46.7 Å². The number of rotatable bonds is 4. The van der Waals surface area contributed by atoms with E-state index in [-0.39, 0.29) is 42.5 Å². The van der Waals surface area contributed by atoms with Crippen LogP contribution in [0.5, 0.6) is 5.75 Å². The van der Waals surface area contributed by atoms with Crippen LogP contribution >= 0.6 is 11.6 Å². The lowest BCUT2D eigenvalue weighted by Crippen LogP contribution is -2.30. The predicted molar refractivity (Wildman–Crippen MR) is 131 cm³/mol. The van der Waals surface area contributed by atoms with Crippen molar-refractivity contribution in [2.45, 2.75) is 39.5 Å². The second kappa shape index (κ2) is 9.11. The van der Waals surface area contributed by atoms with Crippen LogP contribution in [0.3, 0.4) is 0 Å². The highest BCUT2D eigenvalue weighted by molar-refractivity contribution is 6.31. The van der Waals surface area contributed by atoms with Crippen molar-refractivity contribution < 1.29 is 23.9 Å². The minimum atomic E-state index is -0.604. The number of ether oxygens (including phenoxy) is 1. The number of hydrogen-bond donors (Lipinski definition) is 0. The summed E-state index contributed by atoms with van der Waals surface area (Å²) in [6, 6.07) is 11.7. The molecule has 182 valence electrons. The number of esters is 1. The van der Waals surface area contributed by atoms with Gasteiger partial charge in [-0.05, 0) is 74.1 Å². The smallest absolute Gasteiger partial charge is 0.316 e. The molecule has 1 aliphatic carbocycles. The van der Waals surface area contributed by atoms with E-state index in [0.29, 0.717) is 28.1 Å². The first-order valence-corrected chi connectivity index (χ1v) is 12.4. The molecule has 3 fully saturated rings. The van der Waals surface area contributed by atoms with Gasteiger partial charge in [-0.3, -0.25) is 24.1 Å². The van der Waals surface area contributed by atoms with Crippen molar-refractivity contribution in [3.63, 3.8) is 0 Å². The van der Waals surface area contributed by atoms with E-state index in [1.807, 2.05) is 13.0 Å². The predicted octanol–water partition coefficient (Wildman–Crippen LogP) is 4.53. The van der Waals surface area contributed by atoms with Crippen LogP contribution < -0.4 is 14.5 Å². The molecule has 2 aromatic carbocycles. The third-order valence-corrected chi connectivity index (χ3v) is 7.90. The highest BCUT2D eigenvalue weighted by Crippen LogP contribution is 2.42. The van der Waals surface area contributed by atoms with Gasteiger partial charge < -0.3 is 9.64 Å². The second-order valence-electron chi connectivity index (χ2n) is 9.85. The number of hydrogen-bond acceptors (Lipinski definition) is 5. The summed E-state index contributed by atoms with van der Waals surface area (Å²) in [5.41, 5.74) is 1.96. The van der Waals surface area contributed by atoms with Crippen LogP contribution in [0.4, 0.5) is 11.4 Å². The first-order valence-electron chi connectivity index (χ1n) is 12.0. The Hall–Kier alpha value is -3.19. The van der Waals surface area contributed by atoms with Crippen LogP contribution in [0.1, 0.15) is 38.2 Å². The molecule has 2 aromatic rings. The molecule has 5 rings (SSSR count). The Morgan fingerprint density at radius 2 is 1.71 bits per heavy atom. The molecule has 0 bridgehead atoms. The number of anilines is 2. The molecule has 0 aromatic heterocycles. The summed E-state index contributed by atoms with van der Waals surface area (Å²) in [4.78, 5) is 54.1. The molecule has 0 N–H and O–H groups in total. The van der Waals surface area contributed by atoms with Crippen molar-refractivity contribution in [1.29, 1.82) is 0 Å². The number of carbonyl (C=O) groups is 4. The van der Waals surface area contributed by atoms with Gasteiger partial charge in [0, 0.05) is 23.7 Å². The maximum atomic E-state index is 12.9. The summed E-state index contributed by atoms with van der Waals surface area (Å²) in [6.45, 7) is 4.17. The molecule has 8 heteroatoms. The zero-order valence-corrected chi connectivity index (χ0v) is 20.5. The molecule has 2 aliphatic heterocycles. The summed E-state index contributed by atoms with van der Waals surface area (Å²) >= 11 is 6.19. The van der Waals surface area contributed by atoms with Crippen molar-refractivity contribution in [1.82, 2.24) is 0 Å². The van der Waals surface area contributed by atoms with Gasteiger partial charge in [0.15, 0.2) is 0 Å². The maximum Gasteiger partial charge on any atom is 0.316 e. The van der Waals surface area contributed by atoms with Crippen LogP contribution in [-0.4, -0.2) is 30.2 Å². The van der Waals surface area contributed by atoms with Crippen LogP contribution in [-0.2, 0) is 19.2 Å². The van der Waals surface area contributed by atoms with Crippen LogP contribution in [0.25, 0.3) is 0 Å². The van der Waals surface area contributed by atoms with Gasteiger partial charge in [-0.15, -0.1) is 0 Å². The fourth-order valence-electron chi connectivity index (χ4n) is 5.49. The average Bonchev–Trinajstić information content (AvgIpc) is 3.33. The first-order chi connectivity index (χ1) is 16.7. The molecule has 2 heterocycles. The van der Waals surface area contributed by atoms with E-state index >= 15 is 0 Å². The molecule has 2 saturated heterocycles. The van der Waals surface area contributed by atoms with E-state index in [9.17, 15) is 19.2 Å². The SMILES string of the molecule is Cc1c(Cl)cccc1N1C[C@H](C(=O)Oc2ccc(N3C(=O)[C@H]4C[C@@H](C)CC[C@H]4C3=O)cc2)CC1=O. The monoisotopic (exact) mass is 494 g/mol. The largest absolute Gasteiger partial charge is 0.426 e. The molecular formula is C27H27ClN2O5. The lowest BCUT2D eigenvalue weighted by molar-refractivity contribution is -0.139. The summed E-state index contributed by atoms with van der Waals surface area (Å²) in [6.07, 6.45) is 2.50. The van der Waals surface area contributed by atoms with Crippen molar-refractivity contribution in [2.75, 3.05) is 16.3 Å². The van der Waals surface area contributed by atoms with E-state index in [2.05, 4.69) is 6.92 Å². The summed E-state index contributed by atoms with van der Waals surface area (Å²) < 4.78 is 5.53. The van der Waals surface area contributed by atoms with Crippen LogP contribution in [0, 0.1) is 30.6 Å². The van der Waals surface area contributed by atoms with E-state index < -0.39 is 11.9 Å². The van der Waals surface area contributed by atoms with Gasteiger partial charge in [0.1, 0.15) is 5.75 Å². The van der Waals surface area contributed by atoms with Gasteiger partial charge in [-0.25, -0.2) is 0 Å². The van der Waals surface area contributed by atoms with Gasteiger partial charge >= 0.3 is 5.97 Å². The molecule has 0 unspecified atom stereocenters. The molecule has 3 amide bonds. The van der Waals surface area contributed by atoms with Crippen molar-refractivity contribution in [3.05, 3.63) is 53.1 Å². The number of amides is 3. The molecule has 0 spiro atoms. The average molecular weight is 495 g/mol. The molecule has 4 atom stereocenters. The summed E-state index contributed by atoms with van der Waals surface area (Å²) in [5.74, 6) is -1.28. The molecule has 3 aliphatic rings. The first kappa shape index (κ1) is 23.5. The van der Waals surface area contributed by atoms with Gasteiger partial charge in [0.05, 0.1) is 23.4 Å². The third-order valence-electron chi connectivity index (χ3n) is 7.49. The Labute approximate surface area is 209 Å². The number of carbonyl (C=O) groups excluding carboxylic acids is 4. The molecule has 1 saturated carbocycles. The number of fused-ring (bicyclic) bond motifs is 1. The fourth-order valence-corrected chi connectivity index (χ4v) is 5.66. The standard InChI is InChI=1S/C27H27ClN2O5/c1-15-6-11-20-21(12-15)26(33)30(25(20)32)18-7-9-19(10-8-18)35-27(34)17-13-24(31)29(14-17)23-5-3-4-22(28)16(23)2/h3-5,7-10,15,17,20-21H,6,11-14H2,1-2H3/t15-,17+,20+,21-/m0/s1. The summed E-state index contributed by atoms with van der Waals surface area (Å²) in [7, 11) is 0.